The number of aryl methyl sites for hydroxylation is 2. The highest BCUT2D eigenvalue weighted by atomic mass is 35.5. The van der Waals surface area contributed by atoms with Gasteiger partial charge in [-0.25, -0.2) is 9.97 Å². The van der Waals surface area contributed by atoms with E-state index >= 15 is 0 Å². The Balaban J connectivity index is 2.66. The topological polar surface area (TPSA) is 25.8 Å². The van der Waals surface area contributed by atoms with Crippen LogP contribution in [0.25, 0.3) is 11.4 Å². The smallest absolute Gasteiger partial charge is 0.163 e. The standard InChI is InChI=1S/C15H16Cl2N2/c1-8(2)11-13(16)18-15(19-14(11)17)12-9(3)6-5-7-10(12)4/h5-8H,1-4H3. The van der Waals surface area contributed by atoms with Crippen LogP contribution in [0.2, 0.25) is 10.3 Å². The number of rotatable bonds is 2. The van der Waals surface area contributed by atoms with Crippen molar-refractivity contribution in [2.24, 2.45) is 0 Å². The Hall–Kier alpha value is -1.12. The molecule has 0 amide bonds. The van der Waals surface area contributed by atoms with Crippen molar-refractivity contribution < 1.29 is 0 Å². The third-order valence-electron chi connectivity index (χ3n) is 3.13. The average Bonchev–Trinajstić information content (AvgIpc) is 2.26. The Kier molecular flexibility index (Phi) is 4.12. The summed E-state index contributed by atoms with van der Waals surface area (Å²) < 4.78 is 0. The van der Waals surface area contributed by atoms with Gasteiger partial charge in [0.25, 0.3) is 0 Å². The Morgan fingerprint density at radius 3 is 1.84 bits per heavy atom. The molecule has 1 aromatic carbocycles. The number of hydrogen-bond acceptors (Lipinski definition) is 2. The number of halogens is 2. The molecule has 0 aliphatic carbocycles. The molecule has 0 aliphatic heterocycles. The van der Waals surface area contributed by atoms with Gasteiger partial charge >= 0.3 is 0 Å². The van der Waals surface area contributed by atoms with Crippen molar-refractivity contribution in [3.63, 3.8) is 0 Å². The maximum absolute atomic E-state index is 6.25. The third kappa shape index (κ3) is 2.75. The van der Waals surface area contributed by atoms with Gasteiger partial charge in [-0.2, -0.15) is 0 Å². The molecular weight excluding hydrogens is 279 g/mol. The largest absolute Gasteiger partial charge is 0.216 e. The molecule has 0 bridgehead atoms. The van der Waals surface area contributed by atoms with Gasteiger partial charge in [-0.15, -0.1) is 0 Å². The van der Waals surface area contributed by atoms with Gasteiger partial charge in [0, 0.05) is 11.1 Å². The molecule has 2 rings (SSSR count). The Morgan fingerprint density at radius 2 is 1.42 bits per heavy atom. The molecule has 1 heterocycles. The minimum atomic E-state index is 0.201. The van der Waals surface area contributed by atoms with Crippen LogP contribution in [-0.2, 0) is 0 Å². The van der Waals surface area contributed by atoms with E-state index in [0.29, 0.717) is 16.1 Å². The molecule has 0 saturated heterocycles. The normalized spacial score (nSPS) is 11.1. The van der Waals surface area contributed by atoms with Gasteiger partial charge in [0.2, 0.25) is 0 Å². The van der Waals surface area contributed by atoms with Crippen LogP contribution in [0.15, 0.2) is 18.2 Å². The Morgan fingerprint density at radius 1 is 0.947 bits per heavy atom. The highest BCUT2D eigenvalue weighted by molar-refractivity contribution is 6.34. The van der Waals surface area contributed by atoms with E-state index in [1.807, 2.05) is 45.9 Å². The summed E-state index contributed by atoms with van der Waals surface area (Å²) in [5.41, 5.74) is 4.04. The van der Waals surface area contributed by atoms with Gasteiger partial charge < -0.3 is 0 Å². The lowest BCUT2D eigenvalue weighted by molar-refractivity contribution is 0.847. The van der Waals surface area contributed by atoms with Crippen LogP contribution in [0, 0.1) is 13.8 Å². The molecule has 0 unspecified atom stereocenters. The zero-order valence-electron chi connectivity index (χ0n) is 11.5. The summed E-state index contributed by atoms with van der Waals surface area (Å²) in [5, 5.41) is 0.875. The maximum atomic E-state index is 6.25. The van der Waals surface area contributed by atoms with Gasteiger partial charge in [0.15, 0.2) is 5.82 Å². The van der Waals surface area contributed by atoms with Crippen LogP contribution in [-0.4, -0.2) is 9.97 Å². The zero-order chi connectivity index (χ0) is 14.2. The predicted octanol–water partition coefficient (Wildman–Crippen LogP) is 5.19. The minimum Gasteiger partial charge on any atom is -0.216 e. The first-order valence-electron chi connectivity index (χ1n) is 6.21. The summed E-state index contributed by atoms with van der Waals surface area (Å²) in [6, 6.07) is 6.08. The van der Waals surface area contributed by atoms with Gasteiger partial charge in [-0.05, 0) is 30.9 Å². The molecule has 4 heteroatoms. The molecule has 0 spiro atoms. The predicted molar refractivity (Wildman–Crippen MR) is 81.1 cm³/mol. The lowest BCUT2D eigenvalue weighted by Crippen LogP contribution is -2.01. The number of nitrogens with zero attached hydrogens (tertiary/aromatic N) is 2. The third-order valence-corrected chi connectivity index (χ3v) is 3.71. The van der Waals surface area contributed by atoms with E-state index in [1.54, 1.807) is 0 Å². The van der Waals surface area contributed by atoms with Crippen molar-refractivity contribution in [1.82, 2.24) is 9.97 Å². The van der Waals surface area contributed by atoms with Crippen molar-refractivity contribution in [1.29, 1.82) is 0 Å². The fourth-order valence-electron chi connectivity index (χ4n) is 2.17. The van der Waals surface area contributed by atoms with Crippen molar-refractivity contribution in [2.45, 2.75) is 33.6 Å². The first-order valence-corrected chi connectivity index (χ1v) is 6.97. The quantitative estimate of drug-likeness (QED) is 0.712. The van der Waals surface area contributed by atoms with Gasteiger partial charge in [0.1, 0.15) is 10.3 Å². The molecule has 0 saturated carbocycles. The van der Waals surface area contributed by atoms with Crippen LogP contribution >= 0.6 is 23.2 Å². The molecule has 1 aromatic heterocycles. The highest BCUT2D eigenvalue weighted by Crippen LogP contribution is 2.32. The number of aromatic nitrogens is 2. The minimum absolute atomic E-state index is 0.201. The molecule has 2 aromatic rings. The van der Waals surface area contributed by atoms with E-state index in [4.69, 9.17) is 23.2 Å². The fraction of sp³-hybridized carbons (Fsp3) is 0.333. The zero-order valence-corrected chi connectivity index (χ0v) is 13.0. The van der Waals surface area contributed by atoms with E-state index in [0.717, 1.165) is 22.3 Å². The molecule has 2 nitrogen and oxygen atoms in total. The summed E-state index contributed by atoms with van der Waals surface area (Å²) >= 11 is 12.5. The van der Waals surface area contributed by atoms with E-state index in [1.165, 1.54) is 0 Å². The molecule has 0 atom stereocenters. The second-order valence-electron chi connectivity index (χ2n) is 4.96. The van der Waals surface area contributed by atoms with Gasteiger partial charge in [-0.1, -0.05) is 55.2 Å². The average molecular weight is 295 g/mol. The molecule has 0 fully saturated rings. The first kappa shape index (κ1) is 14.3. The molecule has 0 N–H and O–H groups in total. The number of hydrogen-bond donors (Lipinski definition) is 0. The first-order chi connectivity index (χ1) is 8.91. The number of benzene rings is 1. The van der Waals surface area contributed by atoms with E-state index in [9.17, 15) is 0 Å². The monoisotopic (exact) mass is 294 g/mol. The van der Waals surface area contributed by atoms with E-state index in [2.05, 4.69) is 9.97 Å². The fourth-order valence-corrected chi connectivity index (χ4v) is 3.00. The maximum Gasteiger partial charge on any atom is 0.163 e. The van der Waals surface area contributed by atoms with Crippen molar-refractivity contribution in [3.8, 4) is 11.4 Å². The molecular formula is C15H16Cl2N2. The van der Waals surface area contributed by atoms with Crippen LogP contribution in [0.5, 0.6) is 0 Å². The summed E-state index contributed by atoms with van der Waals surface area (Å²) in [5.74, 6) is 0.794. The summed E-state index contributed by atoms with van der Waals surface area (Å²) in [6.07, 6.45) is 0. The summed E-state index contributed by atoms with van der Waals surface area (Å²) in [6.45, 7) is 8.11. The second kappa shape index (κ2) is 5.48. The van der Waals surface area contributed by atoms with Gasteiger partial charge in [0.05, 0.1) is 0 Å². The molecule has 0 radical (unpaired) electrons. The summed E-state index contributed by atoms with van der Waals surface area (Å²) in [4.78, 5) is 8.83. The van der Waals surface area contributed by atoms with Crippen LogP contribution in [0.3, 0.4) is 0 Å². The van der Waals surface area contributed by atoms with Crippen LogP contribution in [0.4, 0.5) is 0 Å². The van der Waals surface area contributed by atoms with Crippen molar-refractivity contribution >= 4 is 23.2 Å². The molecule has 100 valence electrons. The van der Waals surface area contributed by atoms with E-state index < -0.39 is 0 Å². The summed E-state index contributed by atoms with van der Waals surface area (Å²) in [7, 11) is 0. The molecule has 19 heavy (non-hydrogen) atoms. The van der Waals surface area contributed by atoms with Crippen LogP contribution < -0.4 is 0 Å². The van der Waals surface area contributed by atoms with E-state index in [-0.39, 0.29) is 5.92 Å². The lowest BCUT2D eigenvalue weighted by atomic mass is 10.0. The Bertz CT molecular complexity index is 578. The SMILES string of the molecule is Cc1cccc(C)c1-c1nc(Cl)c(C(C)C)c(Cl)n1. The molecule has 0 aliphatic rings. The highest BCUT2D eigenvalue weighted by Gasteiger charge is 2.17. The lowest BCUT2D eigenvalue weighted by Gasteiger charge is -2.13. The van der Waals surface area contributed by atoms with Crippen molar-refractivity contribution in [2.75, 3.05) is 0 Å². The van der Waals surface area contributed by atoms with Crippen LogP contribution in [0.1, 0.15) is 36.5 Å². The van der Waals surface area contributed by atoms with Crippen molar-refractivity contribution in [3.05, 3.63) is 45.2 Å². The van der Waals surface area contributed by atoms with Gasteiger partial charge in [-0.3, -0.25) is 0 Å². The second-order valence-corrected chi connectivity index (χ2v) is 5.68. The Labute approximate surface area is 123 Å².